The highest BCUT2D eigenvalue weighted by Gasteiger charge is 2.26. The van der Waals surface area contributed by atoms with E-state index in [0.717, 1.165) is 11.3 Å². The van der Waals surface area contributed by atoms with Gasteiger partial charge in [-0.25, -0.2) is 8.42 Å². The molecule has 0 N–H and O–H groups in total. The summed E-state index contributed by atoms with van der Waals surface area (Å²) in [4.78, 5) is 12.3. The molecular formula is C18H19N3O4S. The molecule has 2 aromatic rings. The fraction of sp³-hybridized carbons (Fsp3) is 0.222. The molecule has 8 heteroatoms. The Morgan fingerprint density at radius 2 is 1.69 bits per heavy atom. The summed E-state index contributed by atoms with van der Waals surface area (Å²) in [7, 11) is -3.73. The molecule has 1 aliphatic heterocycles. The lowest BCUT2D eigenvalue weighted by atomic mass is 10.2. The van der Waals surface area contributed by atoms with Crippen LogP contribution in [0.15, 0.2) is 71.4 Å². The molecule has 0 bridgehead atoms. The van der Waals surface area contributed by atoms with Gasteiger partial charge in [0, 0.05) is 37.1 Å². The minimum atomic E-state index is -3.73. The van der Waals surface area contributed by atoms with Crippen molar-refractivity contribution in [3.05, 3.63) is 82.2 Å². The predicted octanol–water partition coefficient (Wildman–Crippen LogP) is 2.96. The summed E-state index contributed by atoms with van der Waals surface area (Å²) in [5.74, 6) is 0. The SMILES string of the molecule is CC1=CN(S(=O)(=O)c2ccc([N+](=O)[O-])cc2)CCN1Cc1ccccc1. The fourth-order valence-corrected chi connectivity index (χ4v) is 4.19. The standard InChI is InChI=1S/C18H19N3O4S/c1-15-13-20(12-11-19(15)14-16-5-3-2-4-6-16)26(24,25)18-9-7-17(8-10-18)21(22)23/h2-10,13H,11-12,14H2,1H3. The van der Waals surface area contributed by atoms with Gasteiger partial charge < -0.3 is 4.90 Å². The molecule has 0 spiro atoms. The van der Waals surface area contributed by atoms with Gasteiger partial charge in [0.2, 0.25) is 0 Å². The number of rotatable bonds is 5. The first-order valence-corrected chi connectivity index (χ1v) is 9.55. The highest BCUT2D eigenvalue weighted by molar-refractivity contribution is 7.89. The molecule has 7 nitrogen and oxygen atoms in total. The third kappa shape index (κ3) is 3.70. The van der Waals surface area contributed by atoms with Crippen LogP contribution in [0.25, 0.3) is 0 Å². The van der Waals surface area contributed by atoms with Crippen molar-refractivity contribution in [3.8, 4) is 0 Å². The maximum absolute atomic E-state index is 12.8. The van der Waals surface area contributed by atoms with Gasteiger partial charge in [-0.15, -0.1) is 0 Å². The molecule has 0 unspecified atom stereocenters. The van der Waals surface area contributed by atoms with Crippen LogP contribution in [-0.4, -0.2) is 35.6 Å². The number of hydrogen-bond donors (Lipinski definition) is 0. The molecule has 1 aliphatic rings. The van der Waals surface area contributed by atoms with Crippen molar-refractivity contribution in [2.45, 2.75) is 18.4 Å². The Labute approximate surface area is 152 Å². The second-order valence-corrected chi connectivity index (χ2v) is 7.93. The minimum absolute atomic E-state index is 0.0451. The van der Waals surface area contributed by atoms with Crippen LogP contribution in [-0.2, 0) is 16.6 Å². The van der Waals surface area contributed by atoms with Crippen LogP contribution in [0.5, 0.6) is 0 Å². The van der Waals surface area contributed by atoms with Crippen molar-refractivity contribution in [3.63, 3.8) is 0 Å². The van der Waals surface area contributed by atoms with Crippen molar-refractivity contribution < 1.29 is 13.3 Å². The summed E-state index contributed by atoms with van der Waals surface area (Å²) >= 11 is 0. The minimum Gasteiger partial charge on any atom is -0.368 e. The number of nitro groups is 1. The number of nitro benzene ring substituents is 1. The third-order valence-electron chi connectivity index (χ3n) is 4.29. The summed E-state index contributed by atoms with van der Waals surface area (Å²) in [5.41, 5.74) is 1.88. The van der Waals surface area contributed by atoms with Gasteiger partial charge in [-0.2, -0.15) is 0 Å². The molecule has 2 aromatic carbocycles. The summed E-state index contributed by atoms with van der Waals surface area (Å²) in [6.07, 6.45) is 1.61. The first-order valence-electron chi connectivity index (χ1n) is 8.11. The second-order valence-electron chi connectivity index (χ2n) is 6.04. The molecule has 0 aliphatic carbocycles. The van der Waals surface area contributed by atoms with E-state index in [4.69, 9.17) is 0 Å². The molecule has 0 saturated carbocycles. The van der Waals surface area contributed by atoms with E-state index >= 15 is 0 Å². The molecule has 136 valence electrons. The highest BCUT2D eigenvalue weighted by atomic mass is 32.2. The lowest BCUT2D eigenvalue weighted by Crippen LogP contribution is -2.40. The molecule has 26 heavy (non-hydrogen) atoms. The van der Waals surface area contributed by atoms with E-state index in [1.807, 2.05) is 37.3 Å². The van der Waals surface area contributed by atoms with E-state index < -0.39 is 14.9 Å². The van der Waals surface area contributed by atoms with Crippen molar-refractivity contribution in [1.29, 1.82) is 0 Å². The lowest BCUT2D eigenvalue weighted by Gasteiger charge is -2.34. The number of sulfonamides is 1. The van der Waals surface area contributed by atoms with Gasteiger partial charge in [-0.3, -0.25) is 14.4 Å². The highest BCUT2D eigenvalue weighted by Crippen LogP contribution is 2.24. The summed E-state index contributed by atoms with van der Waals surface area (Å²) < 4.78 is 26.8. The fourth-order valence-electron chi connectivity index (χ4n) is 2.82. The van der Waals surface area contributed by atoms with Crippen molar-refractivity contribution in [1.82, 2.24) is 9.21 Å². The van der Waals surface area contributed by atoms with Crippen molar-refractivity contribution in [2.75, 3.05) is 13.1 Å². The smallest absolute Gasteiger partial charge is 0.269 e. The number of benzene rings is 2. The Kier molecular flexibility index (Phi) is 4.94. The van der Waals surface area contributed by atoms with Crippen molar-refractivity contribution >= 4 is 15.7 Å². The Hall–Kier alpha value is -2.87. The molecule has 0 saturated heterocycles. The van der Waals surface area contributed by atoms with Gasteiger partial charge in [-0.05, 0) is 24.6 Å². The van der Waals surface area contributed by atoms with E-state index in [-0.39, 0.29) is 10.6 Å². The molecule has 0 radical (unpaired) electrons. The molecule has 1 heterocycles. The molecular weight excluding hydrogens is 354 g/mol. The second kappa shape index (κ2) is 7.17. The van der Waals surface area contributed by atoms with E-state index in [1.54, 1.807) is 6.20 Å². The number of hydrogen-bond acceptors (Lipinski definition) is 5. The first kappa shape index (κ1) is 17.9. The maximum Gasteiger partial charge on any atom is 0.269 e. The Balaban J connectivity index is 1.78. The van der Waals surface area contributed by atoms with Gasteiger partial charge in [-0.1, -0.05) is 30.3 Å². The molecule has 0 amide bonds. The first-order chi connectivity index (χ1) is 12.4. The number of allylic oxidation sites excluding steroid dienone is 1. The topological polar surface area (TPSA) is 83.8 Å². The average molecular weight is 373 g/mol. The molecule has 0 fully saturated rings. The predicted molar refractivity (Wildman–Crippen MR) is 97.6 cm³/mol. The Morgan fingerprint density at radius 1 is 1.04 bits per heavy atom. The van der Waals surface area contributed by atoms with Crippen molar-refractivity contribution in [2.24, 2.45) is 0 Å². The van der Waals surface area contributed by atoms with Gasteiger partial charge in [0.25, 0.3) is 15.7 Å². The number of nitrogens with zero attached hydrogens (tertiary/aromatic N) is 3. The zero-order chi connectivity index (χ0) is 18.7. The van der Waals surface area contributed by atoms with Crippen LogP contribution >= 0.6 is 0 Å². The molecule has 0 atom stereocenters. The quantitative estimate of drug-likeness (QED) is 0.594. The zero-order valence-electron chi connectivity index (χ0n) is 14.3. The van der Waals surface area contributed by atoms with E-state index in [9.17, 15) is 18.5 Å². The summed E-state index contributed by atoms with van der Waals surface area (Å²) in [6, 6.07) is 14.9. The van der Waals surface area contributed by atoms with Crippen LogP contribution in [0.1, 0.15) is 12.5 Å². The van der Waals surface area contributed by atoms with Gasteiger partial charge >= 0.3 is 0 Å². The van der Waals surface area contributed by atoms with E-state index in [1.165, 1.54) is 28.6 Å². The molecule has 0 aromatic heterocycles. The van der Waals surface area contributed by atoms with E-state index in [0.29, 0.717) is 19.6 Å². The van der Waals surface area contributed by atoms with Crippen LogP contribution in [0.2, 0.25) is 0 Å². The summed E-state index contributed by atoms with van der Waals surface area (Å²) in [5, 5.41) is 10.7. The normalized spacial score (nSPS) is 14.9. The van der Waals surface area contributed by atoms with Gasteiger partial charge in [0.05, 0.1) is 16.4 Å². The Morgan fingerprint density at radius 3 is 2.27 bits per heavy atom. The average Bonchev–Trinajstić information content (AvgIpc) is 2.64. The molecule has 3 rings (SSSR count). The summed E-state index contributed by atoms with van der Waals surface area (Å²) in [6.45, 7) is 3.49. The number of non-ortho nitro benzene ring substituents is 1. The van der Waals surface area contributed by atoms with E-state index in [2.05, 4.69) is 4.90 Å². The Bertz CT molecular complexity index is 925. The van der Waals surface area contributed by atoms with Gasteiger partial charge in [0.15, 0.2) is 0 Å². The van der Waals surface area contributed by atoms with Gasteiger partial charge in [0.1, 0.15) is 0 Å². The van der Waals surface area contributed by atoms with Crippen LogP contribution in [0, 0.1) is 10.1 Å². The van der Waals surface area contributed by atoms with Crippen LogP contribution in [0.3, 0.4) is 0 Å². The van der Waals surface area contributed by atoms with Crippen LogP contribution in [0.4, 0.5) is 5.69 Å². The largest absolute Gasteiger partial charge is 0.368 e. The third-order valence-corrected chi connectivity index (χ3v) is 6.06. The maximum atomic E-state index is 12.8. The van der Waals surface area contributed by atoms with Crippen LogP contribution < -0.4 is 0 Å². The zero-order valence-corrected chi connectivity index (χ0v) is 15.1. The lowest BCUT2D eigenvalue weighted by molar-refractivity contribution is -0.384. The monoisotopic (exact) mass is 373 g/mol.